The van der Waals surface area contributed by atoms with E-state index in [1.807, 2.05) is 37.4 Å². The van der Waals surface area contributed by atoms with Crippen molar-refractivity contribution in [3.8, 4) is 5.75 Å². The van der Waals surface area contributed by atoms with Crippen molar-refractivity contribution in [3.63, 3.8) is 0 Å². The Balaban J connectivity index is 2.03. The summed E-state index contributed by atoms with van der Waals surface area (Å²) in [4.78, 5) is 29.1. The Labute approximate surface area is 249 Å². The molecule has 0 spiro atoms. The summed E-state index contributed by atoms with van der Waals surface area (Å²) in [5.74, 6) is -0.258. The van der Waals surface area contributed by atoms with Gasteiger partial charge in [-0.25, -0.2) is 8.42 Å². The summed E-state index contributed by atoms with van der Waals surface area (Å²) >= 11 is 4.95. The highest BCUT2D eigenvalue weighted by atomic mass is 79.9. The normalized spacial score (nSPS) is 11.9. The van der Waals surface area contributed by atoms with E-state index < -0.39 is 28.5 Å². The Bertz CT molecular complexity index is 1400. The Morgan fingerprint density at radius 2 is 1.70 bits per heavy atom. The number of nitrogens with one attached hydrogen (secondary N) is 1. The summed E-state index contributed by atoms with van der Waals surface area (Å²) in [5.41, 5.74) is 1.10. The van der Waals surface area contributed by atoms with Crippen molar-refractivity contribution >= 4 is 55.2 Å². The van der Waals surface area contributed by atoms with E-state index >= 15 is 0 Å². The number of carbonyl (C=O) groups excluding carboxylic acids is 2. The van der Waals surface area contributed by atoms with Crippen LogP contribution in [0.25, 0.3) is 0 Å². The lowest BCUT2D eigenvalue weighted by molar-refractivity contribution is -0.139. The minimum Gasteiger partial charge on any atom is -0.494 e. The molecule has 0 fully saturated rings. The number of sulfonamides is 1. The SMILES string of the molecule is CCNC(=O)[C@@H](C)N(Cc1cccc(Br)c1)C(=O)CN(c1ccc(OCC)cc1)S(=O)(=O)c1ccc(SC)cc1. The standard InChI is InChI=1S/C29H34BrN3O5S2/c1-5-31-29(35)21(3)32(19-22-8-7-9-23(30)18-22)28(34)20-33(24-10-12-25(13-11-24)38-6-2)40(36,37)27-16-14-26(39-4)15-17-27/h7-18,21H,5-6,19-20H2,1-4H3,(H,31,35)/t21-/m1/s1. The first kappa shape index (κ1) is 31.5. The second-order valence-electron chi connectivity index (χ2n) is 8.84. The number of hydrogen-bond acceptors (Lipinski definition) is 6. The van der Waals surface area contributed by atoms with E-state index in [0.29, 0.717) is 24.6 Å². The quantitative estimate of drug-likeness (QED) is 0.252. The van der Waals surface area contributed by atoms with Crippen LogP contribution in [0.2, 0.25) is 0 Å². The van der Waals surface area contributed by atoms with Gasteiger partial charge in [0.15, 0.2) is 0 Å². The molecule has 214 valence electrons. The molecule has 8 nitrogen and oxygen atoms in total. The molecular formula is C29H34BrN3O5S2. The maximum absolute atomic E-state index is 13.9. The molecule has 40 heavy (non-hydrogen) atoms. The summed E-state index contributed by atoms with van der Waals surface area (Å²) < 4.78 is 35.3. The van der Waals surface area contributed by atoms with Crippen molar-refractivity contribution in [3.05, 3.63) is 82.8 Å². The lowest BCUT2D eigenvalue weighted by atomic mass is 10.1. The van der Waals surface area contributed by atoms with Crippen LogP contribution in [0.3, 0.4) is 0 Å². The third-order valence-corrected chi connectivity index (χ3v) is 9.15. The number of ether oxygens (including phenoxy) is 1. The van der Waals surface area contributed by atoms with Crippen LogP contribution in [-0.2, 0) is 26.2 Å². The molecule has 0 aromatic heterocycles. The van der Waals surface area contributed by atoms with Crippen LogP contribution >= 0.6 is 27.7 Å². The first-order valence-electron chi connectivity index (χ1n) is 12.8. The predicted octanol–water partition coefficient (Wildman–Crippen LogP) is 5.32. The van der Waals surface area contributed by atoms with Crippen LogP contribution in [0.15, 0.2) is 87.1 Å². The number of thioether (sulfide) groups is 1. The Kier molecular flexibility index (Phi) is 11.5. The number of anilines is 1. The maximum atomic E-state index is 13.9. The van der Waals surface area contributed by atoms with E-state index in [9.17, 15) is 18.0 Å². The van der Waals surface area contributed by atoms with Gasteiger partial charge in [-0.2, -0.15) is 0 Å². The van der Waals surface area contributed by atoms with Gasteiger partial charge in [0.25, 0.3) is 10.0 Å². The molecule has 0 aliphatic rings. The molecular weight excluding hydrogens is 614 g/mol. The number of nitrogens with zero attached hydrogens (tertiary/aromatic N) is 2. The molecule has 1 atom stereocenters. The van der Waals surface area contributed by atoms with Gasteiger partial charge >= 0.3 is 0 Å². The van der Waals surface area contributed by atoms with Gasteiger partial charge in [0.1, 0.15) is 18.3 Å². The average molecular weight is 649 g/mol. The third-order valence-electron chi connectivity index (χ3n) is 6.12. The van der Waals surface area contributed by atoms with Gasteiger partial charge in [-0.05, 0) is 93.3 Å². The summed E-state index contributed by atoms with van der Waals surface area (Å²) in [6.07, 6.45) is 1.91. The monoisotopic (exact) mass is 647 g/mol. The van der Waals surface area contributed by atoms with E-state index in [2.05, 4.69) is 21.2 Å². The van der Waals surface area contributed by atoms with Crippen molar-refractivity contribution in [1.29, 1.82) is 0 Å². The van der Waals surface area contributed by atoms with E-state index in [1.54, 1.807) is 50.2 Å². The summed E-state index contributed by atoms with van der Waals surface area (Å²) in [6.45, 7) is 5.78. The molecule has 1 N–H and O–H groups in total. The maximum Gasteiger partial charge on any atom is 0.264 e. The average Bonchev–Trinajstić information content (AvgIpc) is 2.95. The van der Waals surface area contributed by atoms with E-state index in [0.717, 1.165) is 19.2 Å². The second-order valence-corrected chi connectivity index (χ2v) is 12.5. The number of carbonyl (C=O) groups is 2. The van der Waals surface area contributed by atoms with Crippen LogP contribution < -0.4 is 14.4 Å². The van der Waals surface area contributed by atoms with Crippen molar-refractivity contribution in [2.24, 2.45) is 0 Å². The van der Waals surface area contributed by atoms with E-state index in [-0.39, 0.29) is 17.3 Å². The highest BCUT2D eigenvalue weighted by Gasteiger charge is 2.32. The number of halogens is 1. The largest absolute Gasteiger partial charge is 0.494 e. The molecule has 0 heterocycles. The second kappa shape index (κ2) is 14.6. The highest BCUT2D eigenvalue weighted by molar-refractivity contribution is 9.10. The fraction of sp³-hybridized carbons (Fsp3) is 0.310. The number of benzene rings is 3. The Morgan fingerprint density at radius 3 is 2.27 bits per heavy atom. The molecule has 0 unspecified atom stereocenters. The zero-order valence-electron chi connectivity index (χ0n) is 23.0. The number of rotatable bonds is 13. The molecule has 3 aromatic rings. The summed E-state index contributed by atoms with van der Waals surface area (Å²) in [5, 5.41) is 2.76. The van der Waals surface area contributed by atoms with Gasteiger partial charge in [-0.3, -0.25) is 13.9 Å². The lowest BCUT2D eigenvalue weighted by Crippen LogP contribution is -2.51. The zero-order valence-corrected chi connectivity index (χ0v) is 26.2. The van der Waals surface area contributed by atoms with Crippen molar-refractivity contribution in [2.75, 3.05) is 30.3 Å². The zero-order chi connectivity index (χ0) is 29.3. The Hall–Kier alpha value is -3.02. The van der Waals surface area contributed by atoms with Gasteiger partial charge in [0.2, 0.25) is 11.8 Å². The van der Waals surface area contributed by atoms with E-state index in [4.69, 9.17) is 4.74 Å². The fourth-order valence-electron chi connectivity index (χ4n) is 4.02. The van der Waals surface area contributed by atoms with Crippen LogP contribution in [0.4, 0.5) is 5.69 Å². The fourth-order valence-corrected chi connectivity index (χ4v) is 6.28. The molecule has 2 amide bonds. The molecule has 0 saturated carbocycles. The molecule has 3 rings (SSSR count). The van der Waals surface area contributed by atoms with Gasteiger partial charge in [-0.1, -0.05) is 28.1 Å². The minimum atomic E-state index is -4.14. The molecule has 11 heteroatoms. The smallest absolute Gasteiger partial charge is 0.264 e. The molecule has 0 saturated heterocycles. The number of likely N-dealkylation sites (N-methyl/N-ethyl adjacent to an activating group) is 1. The van der Waals surface area contributed by atoms with Crippen LogP contribution in [0.5, 0.6) is 5.75 Å². The molecule has 0 aliphatic heterocycles. The minimum absolute atomic E-state index is 0.0577. The van der Waals surface area contributed by atoms with Crippen molar-refractivity contribution in [1.82, 2.24) is 10.2 Å². The third kappa shape index (κ3) is 8.02. The lowest BCUT2D eigenvalue weighted by Gasteiger charge is -2.32. The number of hydrogen-bond donors (Lipinski definition) is 1. The van der Waals surface area contributed by atoms with Crippen LogP contribution in [0.1, 0.15) is 26.3 Å². The summed E-state index contributed by atoms with van der Waals surface area (Å²) in [7, 11) is -4.14. The van der Waals surface area contributed by atoms with Gasteiger partial charge in [0.05, 0.1) is 17.2 Å². The topological polar surface area (TPSA) is 96.0 Å². The van der Waals surface area contributed by atoms with Crippen LogP contribution in [0, 0.1) is 0 Å². The number of amides is 2. The molecule has 0 aliphatic carbocycles. The van der Waals surface area contributed by atoms with Gasteiger partial charge in [0, 0.05) is 22.5 Å². The predicted molar refractivity (Wildman–Crippen MR) is 163 cm³/mol. The van der Waals surface area contributed by atoms with E-state index in [1.165, 1.54) is 28.8 Å². The van der Waals surface area contributed by atoms with Gasteiger partial charge in [-0.15, -0.1) is 11.8 Å². The molecule has 0 radical (unpaired) electrons. The first-order chi connectivity index (χ1) is 19.1. The highest BCUT2D eigenvalue weighted by Crippen LogP contribution is 2.28. The molecule has 3 aromatic carbocycles. The molecule has 0 bridgehead atoms. The van der Waals surface area contributed by atoms with Crippen molar-refractivity contribution in [2.45, 2.75) is 43.1 Å². The van der Waals surface area contributed by atoms with Crippen molar-refractivity contribution < 1.29 is 22.7 Å². The summed E-state index contributed by atoms with van der Waals surface area (Å²) in [6, 6.07) is 19.7. The first-order valence-corrected chi connectivity index (χ1v) is 16.3. The van der Waals surface area contributed by atoms with Gasteiger partial charge < -0.3 is 15.0 Å². The Morgan fingerprint density at radius 1 is 1.02 bits per heavy atom. The van der Waals surface area contributed by atoms with Crippen LogP contribution in [-0.4, -0.2) is 57.1 Å².